The minimum absolute atomic E-state index is 0.110. The van der Waals surface area contributed by atoms with E-state index in [0.717, 1.165) is 5.76 Å². The number of anilines is 1. The molecule has 0 saturated carbocycles. The van der Waals surface area contributed by atoms with Gasteiger partial charge in [0.1, 0.15) is 5.76 Å². The molecule has 0 spiro atoms. The summed E-state index contributed by atoms with van der Waals surface area (Å²) < 4.78 is 5.17. The largest absolute Gasteiger partial charge is 0.481 e. The summed E-state index contributed by atoms with van der Waals surface area (Å²) in [5, 5.41) is 12.0. The number of benzene rings is 1. The standard InChI is InChI=1S/C17H19NO4/c1-17(2,16(20)21)12-5-7-13(8-6-12)18-15(19)10-9-14-4-3-11-22-14/h3-8,11H,9-10H2,1-2H3,(H,18,19)(H,20,21). The molecule has 116 valence electrons. The highest BCUT2D eigenvalue weighted by molar-refractivity contribution is 5.91. The first-order valence-corrected chi connectivity index (χ1v) is 7.06. The van der Waals surface area contributed by atoms with Gasteiger partial charge in [-0.2, -0.15) is 0 Å². The van der Waals surface area contributed by atoms with E-state index < -0.39 is 11.4 Å². The van der Waals surface area contributed by atoms with Gasteiger partial charge in [0.15, 0.2) is 0 Å². The van der Waals surface area contributed by atoms with Crippen molar-refractivity contribution >= 4 is 17.6 Å². The van der Waals surface area contributed by atoms with Gasteiger partial charge in [-0.3, -0.25) is 9.59 Å². The molecule has 0 saturated heterocycles. The van der Waals surface area contributed by atoms with E-state index in [2.05, 4.69) is 5.32 Å². The van der Waals surface area contributed by atoms with Crippen LogP contribution >= 0.6 is 0 Å². The van der Waals surface area contributed by atoms with Crippen LogP contribution in [0.5, 0.6) is 0 Å². The fourth-order valence-corrected chi connectivity index (χ4v) is 2.01. The molecule has 0 aliphatic carbocycles. The molecule has 22 heavy (non-hydrogen) atoms. The number of carboxylic acids is 1. The zero-order valence-corrected chi connectivity index (χ0v) is 12.6. The molecule has 1 amide bonds. The Kier molecular flexibility index (Phi) is 4.65. The Morgan fingerprint density at radius 3 is 2.41 bits per heavy atom. The predicted molar refractivity (Wildman–Crippen MR) is 82.8 cm³/mol. The van der Waals surface area contributed by atoms with Crippen molar-refractivity contribution in [1.82, 2.24) is 0 Å². The first kappa shape index (κ1) is 15.8. The number of aryl methyl sites for hydroxylation is 1. The molecular formula is C17H19NO4. The van der Waals surface area contributed by atoms with Crippen LogP contribution < -0.4 is 5.32 Å². The Hall–Kier alpha value is -2.56. The minimum Gasteiger partial charge on any atom is -0.481 e. The Balaban J connectivity index is 1.93. The summed E-state index contributed by atoms with van der Waals surface area (Å²) in [4.78, 5) is 23.1. The van der Waals surface area contributed by atoms with Crippen LogP contribution in [0, 0.1) is 0 Å². The number of hydrogen-bond donors (Lipinski definition) is 2. The molecule has 5 nitrogen and oxygen atoms in total. The van der Waals surface area contributed by atoms with Gasteiger partial charge >= 0.3 is 5.97 Å². The molecule has 0 bridgehead atoms. The number of rotatable bonds is 6. The van der Waals surface area contributed by atoms with Crippen molar-refractivity contribution in [2.75, 3.05) is 5.32 Å². The Labute approximate surface area is 129 Å². The van der Waals surface area contributed by atoms with E-state index in [1.54, 1.807) is 50.4 Å². The van der Waals surface area contributed by atoms with Gasteiger partial charge in [0.25, 0.3) is 0 Å². The Morgan fingerprint density at radius 1 is 1.18 bits per heavy atom. The van der Waals surface area contributed by atoms with Gasteiger partial charge in [-0.15, -0.1) is 0 Å². The molecule has 2 aromatic rings. The van der Waals surface area contributed by atoms with Crippen LogP contribution in [0.15, 0.2) is 47.1 Å². The number of carbonyl (C=O) groups excluding carboxylic acids is 1. The maximum atomic E-state index is 11.9. The van der Waals surface area contributed by atoms with Gasteiger partial charge in [-0.1, -0.05) is 12.1 Å². The van der Waals surface area contributed by atoms with Crippen molar-refractivity contribution in [1.29, 1.82) is 0 Å². The van der Waals surface area contributed by atoms with Crippen LogP contribution in [-0.2, 0) is 21.4 Å². The van der Waals surface area contributed by atoms with Crippen molar-refractivity contribution in [3.63, 3.8) is 0 Å². The number of aliphatic carboxylic acids is 1. The third-order valence-corrected chi connectivity index (χ3v) is 3.60. The van der Waals surface area contributed by atoms with E-state index in [-0.39, 0.29) is 5.91 Å². The molecule has 2 N–H and O–H groups in total. The lowest BCUT2D eigenvalue weighted by atomic mass is 9.85. The number of hydrogen-bond acceptors (Lipinski definition) is 3. The third kappa shape index (κ3) is 3.75. The van der Waals surface area contributed by atoms with Crippen LogP contribution in [0.3, 0.4) is 0 Å². The Morgan fingerprint density at radius 2 is 1.86 bits per heavy atom. The van der Waals surface area contributed by atoms with Crippen LogP contribution in [0.2, 0.25) is 0 Å². The third-order valence-electron chi connectivity index (χ3n) is 3.60. The lowest BCUT2D eigenvalue weighted by Crippen LogP contribution is -2.28. The van der Waals surface area contributed by atoms with E-state index in [0.29, 0.717) is 24.1 Å². The number of nitrogens with one attached hydrogen (secondary N) is 1. The van der Waals surface area contributed by atoms with Crippen LogP contribution in [0.25, 0.3) is 0 Å². The SMILES string of the molecule is CC(C)(C(=O)O)c1ccc(NC(=O)CCc2ccco2)cc1. The van der Waals surface area contributed by atoms with E-state index in [1.165, 1.54) is 0 Å². The molecule has 0 aliphatic heterocycles. The lowest BCUT2D eigenvalue weighted by Gasteiger charge is -2.19. The minimum atomic E-state index is -0.957. The molecule has 2 rings (SSSR count). The van der Waals surface area contributed by atoms with E-state index in [4.69, 9.17) is 4.42 Å². The zero-order chi connectivity index (χ0) is 16.2. The summed E-state index contributed by atoms with van der Waals surface area (Å²) in [7, 11) is 0. The van der Waals surface area contributed by atoms with Crippen LogP contribution in [0.1, 0.15) is 31.6 Å². The highest BCUT2D eigenvalue weighted by Gasteiger charge is 2.29. The Bertz CT molecular complexity index is 642. The highest BCUT2D eigenvalue weighted by Crippen LogP contribution is 2.24. The van der Waals surface area contributed by atoms with E-state index in [1.807, 2.05) is 6.07 Å². The molecule has 0 fully saturated rings. The fourth-order valence-electron chi connectivity index (χ4n) is 2.01. The molecule has 0 atom stereocenters. The van der Waals surface area contributed by atoms with Crippen molar-refractivity contribution in [3.05, 3.63) is 54.0 Å². The summed E-state index contributed by atoms with van der Waals surface area (Å²) in [6, 6.07) is 10.5. The number of carbonyl (C=O) groups is 2. The van der Waals surface area contributed by atoms with Crippen molar-refractivity contribution in [3.8, 4) is 0 Å². The van der Waals surface area contributed by atoms with Gasteiger partial charge in [0.2, 0.25) is 5.91 Å². The molecule has 0 unspecified atom stereocenters. The summed E-state index contributed by atoms with van der Waals surface area (Å²) in [5.74, 6) is -0.224. The first-order chi connectivity index (χ1) is 10.4. The maximum Gasteiger partial charge on any atom is 0.313 e. The number of amides is 1. The topological polar surface area (TPSA) is 79.5 Å². The number of carboxylic acid groups (broad SMARTS) is 1. The molecule has 0 aliphatic rings. The summed E-state index contributed by atoms with van der Waals surface area (Å²) in [6.07, 6.45) is 2.45. The molecule has 1 heterocycles. The second-order valence-corrected chi connectivity index (χ2v) is 5.64. The second kappa shape index (κ2) is 6.47. The molecule has 0 radical (unpaired) electrons. The fraction of sp³-hybridized carbons (Fsp3) is 0.294. The van der Waals surface area contributed by atoms with E-state index in [9.17, 15) is 14.7 Å². The van der Waals surface area contributed by atoms with Gasteiger partial charge in [-0.05, 0) is 43.7 Å². The molecule has 5 heteroatoms. The van der Waals surface area contributed by atoms with Crippen LogP contribution in [-0.4, -0.2) is 17.0 Å². The van der Waals surface area contributed by atoms with Gasteiger partial charge in [0.05, 0.1) is 11.7 Å². The van der Waals surface area contributed by atoms with Crippen LogP contribution in [0.4, 0.5) is 5.69 Å². The first-order valence-electron chi connectivity index (χ1n) is 7.06. The number of furan rings is 1. The molecule has 1 aromatic carbocycles. The van der Waals surface area contributed by atoms with Crippen molar-refractivity contribution < 1.29 is 19.1 Å². The lowest BCUT2D eigenvalue weighted by molar-refractivity contribution is -0.142. The predicted octanol–water partition coefficient (Wildman–Crippen LogP) is 3.21. The summed E-state index contributed by atoms with van der Waals surface area (Å²) >= 11 is 0. The summed E-state index contributed by atoms with van der Waals surface area (Å²) in [6.45, 7) is 3.29. The van der Waals surface area contributed by atoms with Gasteiger partial charge < -0.3 is 14.8 Å². The average molecular weight is 301 g/mol. The smallest absolute Gasteiger partial charge is 0.313 e. The molecular weight excluding hydrogens is 282 g/mol. The summed E-state index contributed by atoms with van der Waals surface area (Å²) in [5.41, 5.74) is 0.380. The van der Waals surface area contributed by atoms with Gasteiger partial charge in [0, 0.05) is 18.5 Å². The normalized spacial score (nSPS) is 11.2. The zero-order valence-electron chi connectivity index (χ0n) is 12.6. The monoisotopic (exact) mass is 301 g/mol. The van der Waals surface area contributed by atoms with E-state index >= 15 is 0 Å². The van der Waals surface area contributed by atoms with Crippen molar-refractivity contribution in [2.24, 2.45) is 0 Å². The highest BCUT2D eigenvalue weighted by atomic mass is 16.4. The molecule has 1 aromatic heterocycles. The van der Waals surface area contributed by atoms with Gasteiger partial charge in [-0.25, -0.2) is 0 Å². The van der Waals surface area contributed by atoms with Crippen molar-refractivity contribution in [2.45, 2.75) is 32.1 Å². The average Bonchev–Trinajstić information content (AvgIpc) is 2.99. The quantitative estimate of drug-likeness (QED) is 0.858. The second-order valence-electron chi connectivity index (χ2n) is 5.64. The maximum absolute atomic E-state index is 11.9.